The van der Waals surface area contributed by atoms with Crippen LogP contribution in [0.4, 0.5) is 0 Å². The van der Waals surface area contributed by atoms with E-state index in [0.717, 1.165) is 44.4 Å². The van der Waals surface area contributed by atoms with Crippen LogP contribution in [-0.4, -0.2) is 26.3 Å². The molecular weight excluding hydrogens is 190 g/mol. The molecule has 1 fully saturated rings. The lowest BCUT2D eigenvalue weighted by Crippen LogP contribution is -2.28. The first-order valence-electron chi connectivity index (χ1n) is 5.76. The predicted molar refractivity (Wildman–Crippen MR) is 58.8 cm³/mol. The van der Waals surface area contributed by atoms with Crippen LogP contribution in [0.1, 0.15) is 18.6 Å². The zero-order valence-corrected chi connectivity index (χ0v) is 9.08. The molecule has 0 spiro atoms. The van der Waals surface area contributed by atoms with Crippen molar-refractivity contribution in [1.82, 2.24) is 5.32 Å². The van der Waals surface area contributed by atoms with Crippen LogP contribution < -0.4 is 5.32 Å². The van der Waals surface area contributed by atoms with Crippen LogP contribution in [0.5, 0.6) is 0 Å². The zero-order valence-electron chi connectivity index (χ0n) is 9.08. The number of furan rings is 1. The van der Waals surface area contributed by atoms with Gasteiger partial charge in [0.15, 0.2) is 0 Å². The maximum Gasteiger partial charge on any atom is 0.105 e. The Morgan fingerprint density at radius 3 is 2.93 bits per heavy atom. The van der Waals surface area contributed by atoms with Crippen molar-refractivity contribution in [3.8, 4) is 0 Å². The molecule has 0 unspecified atom stereocenters. The van der Waals surface area contributed by atoms with Crippen molar-refractivity contribution in [2.75, 3.05) is 26.3 Å². The van der Waals surface area contributed by atoms with E-state index in [-0.39, 0.29) is 0 Å². The molecule has 2 heterocycles. The van der Waals surface area contributed by atoms with Crippen LogP contribution in [0.2, 0.25) is 0 Å². The molecule has 0 aliphatic carbocycles. The van der Waals surface area contributed by atoms with Crippen molar-refractivity contribution in [3.05, 3.63) is 24.2 Å². The van der Waals surface area contributed by atoms with Crippen molar-refractivity contribution < 1.29 is 9.15 Å². The summed E-state index contributed by atoms with van der Waals surface area (Å²) in [6, 6.07) is 3.96. The van der Waals surface area contributed by atoms with Crippen LogP contribution in [-0.2, 0) is 11.2 Å². The molecule has 0 amide bonds. The third-order valence-electron chi connectivity index (χ3n) is 2.90. The van der Waals surface area contributed by atoms with Gasteiger partial charge in [-0.1, -0.05) is 0 Å². The van der Waals surface area contributed by atoms with Crippen LogP contribution in [0.15, 0.2) is 22.8 Å². The van der Waals surface area contributed by atoms with Gasteiger partial charge in [0.25, 0.3) is 0 Å². The lowest BCUT2D eigenvalue weighted by molar-refractivity contribution is 0.0664. The Labute approximate surface area is 90.8 Å². The first-order chi connectivity index (χ1) is 7.45. The second-order valence-corrected chi connectivity index (χ2v) is 4.09. The minimum Gasteiger partial charge on any atom is -0.469 e. The van der Waals surface area contributed by atoms with E-state index in [2.05, 4.69) is 5.32 Å². The lowest BCUT2D eigenvalue weighted by atomic mass is 10.0. The fourth-order valence-electron chi connectivity index (χ4n) is 1.92. The lowest BCUT2D eigenvalue weighted by Gasteiger charge is -2.22. The summed E-state index contributed by atoms with van der Waals surface area (Å²) in [6.45, 7) is 3.99. The van der Waals surface area contributed by atoms with Crippen LogP contribution in [0.3, 0.4) is 0 Å². The van der Waals surface area contributed by atoms with E-state index in [4.69, 9.17) is 9.15 Å². The molecule has 1 aromatic heterocycles. The molecule has 0 atom stereocenters. The topological polar surface area (TPSA) is 34.4 Å². The van der Waals surface area contributed by atoms with Gasteiger partial charge in [0.05, 0.1) is 6.26 Å². The van der Waals surface area contributed by atoms with E-state index < -0.39 is 0 Å². The minimum atomic E-state index is 0.801. The van der Waals surface area contributed by atoms with Crippen molar-refractivity contribution in [2.24, 2.45) is 5.92 Å². The molecule has 0 radical (unpaired) electrons. The van der Waals surface area contributed by atoms with Gasteiger partial charge in [-0.2, -0.15) is 0 Å². The van der Waals surface area contributed by atoms with Crippen molar-refractivity contribution >= 4 is 0 Å². The van der Waals surface area contributed by atoms with Gasteiger partial charge in [0.2, 0.25) is 0 Å². The minimum absolute atomic E-state index is 0.801. The molecule has 0 bridgehead atoms. The Morgan fingerprint density at radius 2 is 2.20 bits per heavy atom. The summed E-state index contributed by atoms with van der Waals surface area (Å²) in [5.41, 5.74) is 0. The molecule has 1 N–H and O–H groups in total. The summed E-state index contributed by atoms with van der Waals surface area (Å²) < 4.78 is 10.6. The summed E-state index contributed by atoms with van der Waals surface area (Å²) in [6.07, 6.45) is 5.12. The number of hydrogen-bond acceptors (Lipinski definition) is 3. The summed E-state index contributed by atoms with van der Waals surface area (Å²) >= 11 is 0. The second kappa shape index (κ2) is 5.93. The third kappa shape index (κ3) is 3.68. The highest BCUT2D eigenvalue weighted by Gasteiger charge is 2.12. The summed E-state index contributed by atoms with van der Waals surface area (Å²) in [5.74, 6) is 1.87. The molecule has 3 heteroatoms. The molecule has 1 saturated heterocycles. The monoisotopic (exact) mass is 209 g/mol. The number of ether oxygens (including phenoxy) is 1. The largest absolute Gasteiger partial charge is 0.469 e. The summed E-state index contributed by atoms with van der Waals surface area (Å²) in [4.78, 5) is 0. The van der Waals surface area contributed by atoms with Gasteiger partial charge in [-0.05, 0) is 37.4 Å². The van der Waals surface area contributed by atoms with Gasteiger partial charge in [-0.3, -0.25) is 0 Å². The van der Waals surface area contributed by atoms with E-state index in [1.807, 2.05) is 12.1 Å². The normalized spacial score (nSPS) is 18.1. The smallest absolute Gasteiger partial charge is 0.105 e. The Hall–Kier alpha value is -0.800. The average Bonchev–Trinajstić information content (AvgIpc) is 2.79. The Morgan fingerprint density at radius 1 is 1.33 bits per heavy atom. The fraction of sp³-hybridized carbons (Fsp3) is 0.667. The van der Waals surface area contributed by atoms with Crippen molar-refractivity contribution in [1.29, 1.82) is 0 Å². The van der Waals surface area contributed by atoms with Gasteiger partial charge in [0, 0.05) is 26.2 Å². The molecule has 84 valence electrons. The van der Waals surface area contributed by atoms with Gasteiger partial charge in [0.1, 0.15) is 5.76 Å². The fourth-order valence-corrected chi connectivity index (χ4v) is 1.92. The predicted octanol–water partition coefficient (Wildman–Crippen LogP) is 1.84. The first-order valence-corrected chi connectivity index (χ1v) is 5.76. The molecule has 2 rings (SSSR count). The Balaban J connectivity index is 1.54. The van der Waals surface area contributed by atoms with Crippen LogP contribution in [0, 0.1) is 5.92 Å². The highest BCUT2D eigenvalue weighted by Crippen LogP contribution is 2.13. The number of rotatable bonds is 5. The van der Waals surface area contributed by atoms with E-state index in [1.165, 1.54) is 12.8 Å². The molecule has 15 heavy (non-hydrogen) atoms. The van der Waals surface area contributed by atoms with E-state index in [0.29, 0.717) is 0 Å². The number of nitrogens with one attached hydrogen (secondary N) is 1. The molecule has 1 aliphatic heterocycles. The van der Waals surface area contributed by atoms with E-state index >= 15 is 0 Å². The molecule has 3 nitrogen and oxygen atoms in total. The standard InChI is InChI=1S/C12H19NO2/c1-2-12(15-7-1)3-6-13-10-11-4-8-14-9-5-11/h1-2,7,11,13H,3-6,8-10H2. The van der Waals surface area contributed by atoms with Crippen LogP contribution in [0.25, 0.3) is 0 Å². The molecule has 0 saturated carbocycles. The van der Waals surface area contributed by atoms with Crippen molar-refractivity contribution in [2.45, 2.75) is 19.3 Å². The maximum atomic E-state index is 5.32. The van der Waals surface area contributed by atoms with Crippen molar-refractivity contribution in [3.63, 3.8) is 0 Å². The Bertz CT molecular complexity index is 253. The zero-order chi connectivity index (χ0) is 10.3. The Kier molecular flexibility index (Phi) is 4.23. The van der Waals surface area contributed by atoms with E-state index in [9.17, 15) is 0 Å². The van der Waals surface area contributed by atoms with Gasteiger partial charge in [-0.15, -0.1) is 0 Å². The van der Waals surface area contributed by atoms with E-state index in [1.54, 1.807) is 6.26 Å². The highest BCUT2D eigenvalue weighted by molar-refractivity contribution is 4.98. The van der Waals surface area contributed by atoms with Gasteiger partial charge in [-0.25, -0.2) is 0 Å². The van der Waals surface area contributed by atoms with Gasteiger partial charge < -0.3 is 14.5 Å². The highest BCUT2D eigenvalue weighted by atomic mass is 16.5. The third-order valence-corrected chi connectivity index (χ3v) is 2.90. The van der Waals surface area contributed by atoms with Crippen LogP contribution >= 0.6 is 0 Å². The van der Waals surface area contributed by atoms with Gasteiger partial charge >= 0.3 is 0 Å². The summed E-state index contributed by atoms with van der Waals surface area (Å²) in [5, 5.41) is 3.48. The quantitative estimate of drug-likeness (QED) is 0.751. The number of hydrogen-bond donors (Lipinski definition) is 1. The molecule has 0 aromatic carbocycles. The molecule has 1 aromatic rings. The second-order valence-electron chi connectivity index (χ2n) is 4.09. The molecule has 1 aliphatic rings. The first kappa shape index (κ1) is 10.7. The maximum absolute atomic E-state index is 5.32. The average molecular weight is 209 g/mol. The molecular formula is C12H19NO2. The summed E-state index contributed by atoms with van der Waals surface area (Å²) in [7, 11) is 0. The SMILES string of the molecule is c1coc(CCNCC2CCOCC2)c1.